The van der Waals surface area contributed by atoms with Crippen molar-refractivity contribution >= 4 is 11.6 Å². The van der Waals surface area contributed by atoms with Gasteiger partial charge in [-0.2, -0.15) is 13.2 Å². The molecule has 0 radical (unpaired) electrons. The van der Waals surface area contributed by atoms with E-state index in [9.17, 15) is 13.2 Å². The fraction of sp³-hybridized carbons (Fsp3) is 0.357. The van der Waals surface area contributed by atoms with Gasteiger partial charge in [-0.1, -0.05) is 19.1 Å². The van der Waals surface area contributed by atoms with Crippen LogP contribution in [0.4, 0.5) is 24.8 Å². The molecule has 2 aromatic rings. The van der Waals surface area contributed by atoms with Crippen molar-refractivity contribution in [1.29, 1.82) is 0 Å². The molecule has 20 heavy (non-hydrogen) atoms. The SMILES string of the molecule is CCCn1cc(C)nc1Nc1ccccc1C(F)(F)F. The molecule has 6 heteroatoms. The highest BCUT2D eigenvalue weighted by Gasteiger charge is 2.33. The summed E-state index contributed by atoms with van der Waals surface area (Å²) in [6.45, 7) is 4.52. The lowest BCUT2D eigenvalue weighted by atomic mass is 10.1. The third-order valence-electron chi connectivity index (χ3n) is 2.84. The molecule has 3 nitrogen and oxygen atoms in total. The quantitative estimate of drug-likeness (QED) is 0.903. The summed E-state index contributed by atoms with van der Waals surface area (Å²) in [6.07, 6.45) is -1.69. The molecule has 1 aromatic heterocycles. The van der Waals surface area contributed by atoms with Crippen molar-refractivity contribution in [2.24, 2.45) is 0 Å². The molecule has 1 heterocycles. The summed E-state index contributed by atoms with van der Waals surface area (Å²) in [4.78, 5) is 4.23. The largest absolute Gasteiger partial charge is 0.418 e. The third kappa shape index (κ3) is 3.12. The van der Waals surface area contributed by atoms with E-state index in [0.717, 1.165) is 18.2 Å². The van der Waals surface area contributed by atoms with Gasteiger partial charge < -0.3 is 9.88 Å². The Labute approximate surface area is 115 Å². The van der Waals surface area contributed by atoms with Gasteiger partial charge in [0.15, 0.2) is 0 Å². The minimum absolute atomic E-state index is 0.0166. The first-order valence-electron chi connectivity index (χ1n) is 6.39. The molecule has 0 aliphatic carbocycles. The molecule has 108 valence electrons. The molecule has 0 unspecified atom stereocenters. The zero-order chi connectivity index (χ0) is 14.8. The highest BCUT2D eigenvalue weighted by atomic mass is 19.4. The number of imidazole rings is 1. The van der Waals surface area contributed by atoms with Crippen LogP contribution in [-0.4, -0.2) is 9.55 Å². The zero-order valence-corrected chi connectivity index (χ0v) is 11.3. The highest BCUT2D eigenvalue weighted by Crippen LogP contribution is 2.35. The molecule has 0 fully saturated rings. The number of alkyl halides is 3. The Hall–Kier alpha value is -1.98. The van der Waals surface area contributed by atoms with Gasteiger partial charge in [0.1, 0.15) is 0 Å². The minimum atomic E-state index is -4.39. The van der Waals surface area contributed by atoms with Crippen molar-refractivity contribution in [2.75, 3.05) is 5.32 Å². The summed E-state index contributed by atoms with van der Waals surface area (Å²) >= 11 is 0. The number of hydrogen-bond donors (Lipinski definition) is 1. The Kier molecular flexibility index (Phi) is 4.01. The maximum absolute atomic E-state index is 12.9. The number of halogens is 3. The van der Waals surface area contributed by atoms with E-state index in [4.69, 9.17) is 0 Å². The molecular weight excluding hydrogens is 267 g/mol. The second kappa shape index (κ2) is 5.56. The normalized spacial score (nSPS) is 11.7. The summed E-state index contributed by atoms with van der Waals surface area (Å²) in [5.41, 5.74) is 0.0945. The van der Waals surface area contributed by atoms with Gasteiger partial charge >= 0.3 is 6.18 Å². The molecule has 2 rings (SSSR count). The Morgan fingerprint density at radius 1 is 1.25 bits per heavy atom. The van der Waals surface area contributed by atoms with Crippen LogP contribution in [0.25, 0.3) is 0 Å². The lowest BCUT2D eigenvalue weighted by Crippen LogP contribution is -2.10. The molecule has 0 saturated heterocycles. The molecule has 0 aliphatic heterocycles. The number of aryl methyl sites for hydroxylation is 2. The van der Waals surface area contributed by atoms with Crippen molar-refractivity contribution < 1.29 is 13.2 Å². The van der Waals surface area contributed by atoms with E-state index in [1.807, 2.05) is 24.6 Å². The van der Waals surface area contributed by atoms with Crippen molar-refractivity contribution in [2.45, 2.75) is 33.0 Å². The summed E-state index contributed by atoms with van der Waals surface area (Å²) in [5, 5.41) is 2.79. The molecular formula is C14H16F3N3. The van der Waals surface area contributed by atoms with E-state index in [-0.39, 0.29) is 5.69 Å². The van der Waals surface area contributed by atoms with Gasteiger partial charge in [-0.25, -0.2) is 4.98 Å². The van der Waals surface area contributed by atoms with Crippen LogP contribution in [0.5, 0.6) is 0 Å². The monoisotopic (exact) mass is 283 g/mol. The average molecular weight is 283 g/mol. The average Bonchev–Trinajstić information content (AvgIpc) is 2.69. The summed E-state index contributed by atoms with van der Waals surface area (Å²) in [6, 6.07) is 5.40. The topological polar surface area (TPSA) is 29.9 Å². The fourth-order valence-corrected chi connectivity index (χ4v) is 2.02. The smallest absolute Gasteiger partial charge is 0.325 e. The third-order valence-corrected chi connectivity index (χ3v) is 2.84. The first-order chi connectivity index (χ1) is 9.41. The number of aromatic nitrogens is 2. The van der Waals surface area contributed by atoms with Gasteiger partial charge in [-0.15, -0.1) is 0 Å². The standard InChI is InChI=1S/C14H16F3N3/c1-3-8-20-9-10(2)18-13(20)19-12-7-5-4-6-11(12)14(15,16)17/h4-7,9H,3,8H2,1-2H3,(H,18,19). The Balaban J connectivity index is 2.35. The van der Waals surface area contributed by atoms with E-state index in [2.05, 4.69) is 10.3 Å². The van der Waals surface area contributed by atoms with Gasteiger partial charge in [0.2, 0.25) is 5.95 Å². The van der Waals surface area contributed by atoms with Crippen molar-refractivity contribution in [3.63, 3.8) is 0 Å². The number of anilines is 2. The van der Waals surface area contributed by atoms with Gasteiger partial charge in [-0.05, 0) is 25.5 Å². The summed E-state index contributed by atoms with van der Waals surface area (Å²) in [7, 11) is 0. The lowest BCUT2D eigenvalue weighted by molar-refractivity contribution is -0.136. The number of para-hydroxylation sites is 1. The Bertz CT molecular complexity index is 588. The number of hydrogen-bond acceptors (Lipinski definition) is 2. The predicted molar refractivity (Wildman–Crippen MR) is 72.0 cm³/mol. The molecule has 0 spiro atoms. The molecule has 0 aliphatic rings. The van der Waals surface area contributed by atoms with Gasteiger partial charge in [0.05, 0.1) is 16.9 Å². The van der Waals surface area contributed by atoms with E-state index < -0.39 is 11.7 Å². The minimum Gasteiger partial charge on any atom is -0.325 e. The first-order valence-corrected chi connectivity index (χ1v) is 6.39. The maximum atomic E-state index is 12.9. The number of nitrogens with one attached hydrogen (secondary N) is 1. The Morgan fingerprint density at radius 2 is 1.95 bits per heavy atom. The van der Waals surface area contributed by atoms with Crippen LogP contribution in [0, 0.1) is 6.92 Å². The molecule has 1 N–H and O–H groups in total. The van der Waals surface area contributed by atoms with E-state index in [1.54, 1.807) is 6.07 Å². The first kappa shape index (κ1) is 14.4. The molecule has 0 amide bonds. The second-order valence-electron chi connectivity index (χ2n) is 4.57. The number of rotatable bonds is 4. The van der Waals surface area contributed by atoms with Crippen molar-refractivity contribution in [3.8, 4) is 0 Å². The second-order valence-corrected chi connectivity index (χ2v) is 4.57. The van der Waals surface area contributed by atoms with Crippen molar-refractivity contribution in [1.82, 2.24) is 9.55 Å². The van der Waals surface area contributed by atoms with E-state index >= 15 is 0 Å². The van der Waals surface area contributed by atoms with Crippen LogP contribution in [0.2, 0.25) is 0 Å². The van der Waals surface area contributed by atoms with Crippen LogP contribution < -0.4 is 5.32 Å². The van der Waals surface area contributed by atoms with E-state index in [0.29, 0.717) is 12.5 Å². The maximum Gasteiger partial charge on any atom is 0.418 e. The van der Waals surface area contributed by atoms with Crippen LogP contribution in [0.1, 0.15) is 24.6 Å². The van der Waals surface area contributed by atoms with Crippen molar-refractivity contribution in [3.05, 3.63) is 41.7 Å². The fourth-order valence-electron chi connectivity index (χ4n) is 2.02. The molecule has 0 atom stereocenters. The predicted octanol–water partition coefficient (Wildman–Crippen LogP) is 4.36. The van der Waals surface area contributed by atoms with Gasteiger partial charge in [0.25, 0.3) is 0 Å². The molecule has 0 saturated carbocycles. The number of benzene rings is 1. The van der Waals surface area contributed by atoms with Gasteiger partial charge in [0, 0.05) is 12.7 Å². The Morgan fingerprint density at radius 3 is 2.60 bits per heavy atom. The van der Waals surface area contributed by atoms with Crippen LogP contribution >= 0.6 is 0 Å². The summed E-state index contributed by atoms with van der Waals surface area (Å²) in [5.74, 6) is 0.432. The van der Waals surface area contributed by atoms with Crippen LogP contribution in [-0.2, 0) is 12.7 Å². The summed E-state index contributed by atoms with van der Waals surface area (Å²) < 4.78 is 40.6. The lowest BCUT2D eigenvalue weighted by Gasteiger charge is -2.14. The molecule has 1 aromatic carbocycles. The van der Waals surface area contributed by atoms with E-state index in [1.165, 1.54) is 12.1 Å². The number of nitrogens with zero attached hydrogens (tertiary/aromatic N) is 2. The molecule has 0 bridgehead atoms. The zero-order valence-electron chi connectivity index (χ0n) is 11.3. The van der Waals surface area contributed by atoms with Crippen LogP contribution in [0.3, 0.4) is 0 Å². The van der Waals surface area contributed by atoms with Gasteiger partial charge in [-0.3, -0.25) is 0 Å². The van der Waals surface area contributed by atoms with Crippen LogP contribution in [0.15, 0.2) is 30.5 Å². The highest BCUT2D eigenvalue weighted by molar-refractivity contribution is 5.60.